The quantitative estimate of drug-likeness (QED) is 0.919. The van der Waals surface area contributed by atoms with E-state index < -0.39 is 0 Å². The van der Waals surface area contributed by atoms with Gasteiger partial charge in [0.05, 0.1) is 25.9 Å². The third kappa shape index (κ3) is 3.35. The van der Waals surface area contributed by atoms with E-state index in [1.807, 2.05) is 18.2 Å². The molecule has 1 heterocycles. The number of nitrogens with one attached hydrogen (secondary N) is 1. The first kappa shape index (κ1) is 14.1. The Morgan fingerprint density at radius 3 is 2.68 bits per heavy atom. The Labute approximate surface area is 118 Å². The van der Waals surface area contributed by atoms with Crippen LogP contribution in [0, 0.1) is 5.92 Å². The van der Waals surface area contributed by atoms with Crippen molar-refractivity contribution in [2.45, 2.75) is 19.9 Å². The van der Waals surface area contributed by atoms with Crippen LogP contribution in [0.5, 0.6) is 11.5 Å². The molecule has 0 amide bonds. The van der Waals surface area contributed by atoms with Crippen molar-refractivity contribution in [2.75, 3.05) is 25.3 Å². The van der Waals surface area contributed by atoms with Crippen molar-refractivity contribution in [3.8, 4) is 11.5 Å². The Bertz CT molecular complexity index is 475. The van der Waals surface area contributed by atoms with Gasteiger partial charge in [-0.15, -0.1) is 0 Å². The monoisotopic (exact) mass is 280 g/mol. The zero-order valence-electron chi connectivity index (χ0n) is 11.8. The zero-order valence-corrected chi connectivity index (χ0v) is 12.6. The third-order valence-corrected chi connectivity index (χ3v) is 4.08. The van der Waals surface area contributed by atoms with Gasteiger partial charge >= 0.3 is 0 Å². The number of aliphatic imine (C=N–C) groups is 1. The minimum atomic E-state index is 0.400. The first-order valence-corrected chi connectivity index (χ1v) is 7.32. The lowest BCUT2D eigenvalue weighted by Crippen LogP contribution is -2.12. The van der Waals surface area contributed by atoms with Gasteiger partial charge < -0.3 is 14.8 Å². The molecule has 2 rings (SSSR count). The summed E-state index contributed by atoms with van der Waals surface area (Å²) in [5.41, 5.74) is 0.916. The maximum absolute atomic E-state index is 5.37. The van der Waals surface area contributed by atoms with Crippen molar-refractivity contribution in [3.63, 3.8) is 0 Å². The summed E-state index contributed by atoms with van der Waals surface area (Å²) in [5, 5.41) is 4.29. The number of ether oxygens (including phenoxy) is 2. The van der Waals surface area contributed by atoms with E-state index in [1.54, 1.807) is 26.0 Å². The molecule has 1 aromatic carbocycles. The van der Waals surface area contributed by atoms with Crippen LogP contribution in [-0.2, 0) is 0 Å². The Morgan fingerprint density at radius 1 is 1.32 bits per heavy atom. The molecule has 0 saturated heterocycles. The van der Waals surface area contributed by atoms with E-state index >= 15 is 0 Å². The number of benzene rings is 1. The summed E-state index contributed by atoms with van der Waals surface area (Å²) >= 11 is 1.75. The molecule has 0 fully saturated rings. The van der Waals surface area contributed by atoms with Crippen LogP contribution in [0.4, 0.5) is 5.69 Å². The number of anilines is 1. The highest BCUT2D eigenvalue weighted by Crippen LogP contribution is 2.31. The Kier molecular flexibility index (Phi) is 4.58. The molecule has 0 aromatic heterocycles. The molecule has 0 radical (unpaired) electrons. The highest BCUT2D eigenvalue weighted by Gasteiger charge is 2.21. The van der Waals surface area contributed by atoms with Crippen molar-refractivity contribution in [1.29, 1.82) is 0 Å². The summed E-state index contributed by atoms with van der Waals surface area (Å²) in [7, 11) is 3.30. The molecule has 1 aromatic rings. The number of thioether (sulfide) groups is 1. The number of amidine groups is 1. The average Bonchev–Trinajstić information content (AvgIpc) is 2.88. The van der Waals surface area contributed by atoms with Gasteiger partial charge in [-0.1, -0.05) is 25.6 Å². The van der Waals surface area contributed by atoms with Gasteiger partial charge in [0.15, 0.2) is 5.17 Å². The minimum absolute atomic E-state index is 0.400. The molecule has 1 aliphatic heterocycles. The number of hydrogen-bond donors (Lipinski definition) is 1. The van der Waals surface area contributed by atoms with Crippen molar-refractivity contribution < 1.29 is 9.47 Å². The molecule has 0 saturated carbocycles. The normalized spacial score (nSPS) is 18.4. The summed E-state index contributed by atoms with van der Waals surface area (Å²) in [4.78, 5) is 4.68. The van der Waals surface area contributed by atoms with Gasteiger partial charge in [-0.2, -0.15) is 0 Å². The van der Waals surface area contributed by atoms with Gasteiger partial charge in [0.25, 0.3) is 0 Å². The fourth-order valence-corrected chi connectivity index (χ4v) is 3.00. The number of methoxy groups -OCH3 is 2. The van der Waals surface area contributed by atoms with Crippen molar-refractivity contribution in [3.05, 3.63) is 18.2 Å². The summed E-state index contributed by atoms with van der Waals surface area (Å²) in [6, 6.07) is 6.12. The molecule has 0 aliphatic carbocycles. The van der Waals surface area contributed by atoms with Crippen LogP contribution in [0.2, 0.25) is 0 Å². The van der Waals surface area contributed by atoms with Gasteiger partial charge in [-0.3, -0.25) is 4.99 Å². The fourth-order valence-electron chi connectivity index (χ4n) is 1.82. The SMILES string of the molecule is COc1ccc(NC2=NC(C(C)C)CS2)c(OC)c1. The zero-order chi connectivity index (χ0) is 13.8. The first-order chi connectivity index (χ1) is 9.13. The standard InChI is InChI=1S/C14H20N2O2S/c1-9(2)12-8-19-14(16-12)15-11-6-5-10(17-3)7-13(11)18-4/h5-7,9,12H,8H2,1-4H3,(H,15,16). The topological polar surface area (TPSA) is 42.8 Å². The Morgan fingerprint density at radius 2 is 2.11 bits per heavy atom. The van der Waals surface area contributed by atoms with Gasteiger partial charge in [0.2, 0.25) is 0 Å². The van der Waals surface area contributed by atoms with Crippen LogP contribution >= 0.6 is 11.8 Å². The maximum atomic E-state index is 5.37. The molecule has 0 bridgehead atoms. The number of nitrogens with zero attached hydrogens (tertiary/aromatic N) is 1. The van der Waals surface area contributed by atoms with Crippen molar-refractivity contribution in [2.24, 2.45) is 10.9 Å². The molecular formula is C14H20N2O2S. The van der Waals surface area contributed by atoms with Gasteiger partial charge in [-0.05, 0) is 18.1 Å². The summed E-state index contributed by atoms with van der Waals surface area (Å²) in [5.74, 6) is 3.15. The van der Waals surface area contributed by atoms with E-state index in [1.165, 1.54) is 0 Å². The van der Waals surface area contributed by atoms with E-state index in [0.29, 0.717) is 12.0 Å². The predicted octanol–water partition coefficient (Wildman–Crippen LogP) is 3.24. The van der Waals surface area contributed by atoms with Crippen LogP contribution in [0.15, 0.2) is 23.2 Å². The second-order valence-electron chi connectivity index (χ2n) is 4.75. The van der Waals surface area contributed by atoms with Gasteiger partial charge in [0, 0.05) is 11.8 Å². The largest absolute Gasteiger partial charge is 0.497 e. The highest BCUT2D eigenvalue weighted by atomic mass is 32.2. The average molecular weight is 280 g/mol. The lowest BCUT2D eigenvalue weighted by atomic mass is 10.1. The van der Waals surface area contributed by atoms with Crippen LogP contribution in [0.3, 0.4) is 0 Å². The second-order valence-corrected chi connectivity index (χ2v) is 5.76. The number of hydrogen-bond acceptors (Lipinski definition) is 5. The maximum Gasteiger partial charge on any atom is 0.161 e. The first-order valence-electron chi connectivity index (χ1n) is 6.33. The Hall–Kier alpha value is -1.36. The van der Waals surface area contributed by atoms with Gasteiger partial charge in [-0.25, -0.2) is 0 Å². The van der Waals surface area contributed by atoms with Crippen LogP contribution < -0.4 is 14.8 Å². The summed E-state index contributed by atoms with van der Waals surface area (Å²) in [6.45, 7) is 4.40. The third-order valence-electron chi connectivity index (χ3n) is 3.09. The summed E-state index contributed by atoms with van der Waals surface area (Å²) in [6.07, 6.45) is 0. The minimum Gasteiger partial charge on any atom is -0.497 e. The predicted molar refractivity (Wildman–Crippen MR) is 81.7 cm³/mol. The van der Waals surface area contributed by atoms with E-state index in [4.69, 9.17) is 9.47 Å². The van der Waals surface area contributed by atoms with Crippen LogP contribution in [0.1, 0.15) is 13.8 Å². The number of rotatable bonds is 4. The molecule has 5 heteroatoms. The van der Waals surface area contributed by atoms with E-state index in [-0.39, 0.29) is 0 Å². The summed E-state index contributed by atoms with van der Waals surface area (Å²) < 4.78 is 10.6. The molecule has 1 unspecified atom stereocenters. The molecule has 0 spiro atoms. The lowest BCUT2D eigenvalue weighted by molar-refractivity contribution is 0.395. The molecule has 104 valence electrons. The van der Waals surface area contributed by atoms with E-state index in [9.17, 15) is 0 Å². The van der Waals surface area contributed by atoms with Crippen molar-refractivity contribution in [1.82, 2.24) is 0 Å². The van der Waals surface area contributed by atoms with E-state index in [0.717, 1.165) is 28.1 Å². The highest BCUT2D eigenvalue weighted by molar-refractivity contribution is 8.14. The lowest BCUT2D eigenvalue weighted by Gasteiger charge is -2.11. The van der Waals surface area contributed by atoms with E-state index in [2.05, 4.69) is 24.2 Å². The molecule has 19 heavy (non-hydrogen) atoms. The molecule has 1 N–H and O–H groups in total. The second kappa shape index (κ2) is 6.19. The van der Waals surface area contributed by atoms with Crippen LogP contribution in [-0.4, -0.2) is 31.2 Å². The molecular weight excluding hydrogens is 260 g/mol. The fraction of sp³-hybridized carbons (Fsp3) is 0.500. The molecule has 1 atom stereocenters. The molecule has 1 aliphatic rings. The Balaban J connectivity index is 2.13. The van der Waals surface area contributed by atoms with Gasteiger partial charge in [0.1, 0.15) is 11.5 Å². The van der Waals surface area contributed by atoms with Crippen LogP contribution in [0.25, 0.3) is 0 Å². The molecule has 4 nitrogen and oxygen atoms in total. The smallest absolute Gasteiger partial charge is 0.161 e. The van der Waals surface area contributed by atoms with Crippen molar-refractivity contribution >= 4 is 22.6 Å².